The maximum Gasteiger partial charge on any atom is 0.303 e. The van der Waals surface area contributed by atoms with Gasteiger partial charge in [0.1, 0.15) is 0 Å². The summed E-state index contributed by atoms with van der Waals surface area (Å²) < 4.78 is 0. The van der Waals surface area contributed by atoms with Crippen LogP contribution in [0.5, 0.6) is 0 Å². The Morgan fingerprint density at radius 3 is 2.66 bits per heavy atom. The molecule has 0 radical (unpaired) electrons. The number of benzene rings is 1. The Morgan fingerprint density at radius 1 is 1.24 bits per heavy atom. The average Bonchev–Trinajstić information content (AvgIpc) is 2.72. The summed E-state index contributed by atoms with van der Waals surface area (Å²) in [6.45, 7) is 4.52. The fraction of sp³-hybridized carbons (Fsp3) is 0.500. The van der Waals surface area contributed by atoms with Gasteiger partial charge in [-0.15, -0.1) is 0 Å². The molecule has 0 saturated carbocycles. The van der Waals surface area contributed by atoms with E-state index in [4.69, 9.17) is 5.11 Å². The van der Waals surface area contributed by atoms with Crippen LogP contribution in [-0.4, -0.2) is 45.7 Å². The predicted octanol–water partition coefficient (Wildman–Crippen LogP) is 4.36. The van der Waals surface area contributed by atoms with E-state index in [2.05, 4.69) is 0 Å². The molecule has 1 aliphatic rings. The van der Waals surface area contributed by atoms with Gasteiger partial charge in [-0.1, -0.05) is 68.5 Å². The normalized spacial score (nSPS) is 18.0. The molecule has 1 amide bonds. The first-order valence-electron chi connectivity index (χ1n) is 10.6. The minimum atomic E-state index is -0.783. The summed E-state index contributed by atoms with van der Waals surface area (Å²) in [4.78, 5) is 24.6. The molecule has 0 bridgehead atoms. The number of likely N-dealkylation sites (tertiary alicyclic amines) is 1. The largest absolute Gasteiger partial charge is 0.481 e. The number of aliphatic hydroxyl groups excluding tert-OH is 1. The van der Waals surface area contributed by atoms with Crippen LogP contribution in [-0.2, 0) is 16.0 Å². The number of nitrogens with zero attached hydrogens (tertiary/aromatic N) is 1. The van der Waals surface area contributed by atoms with Crippen LogP contribution in [0.3, 0.4) is 0 Å². The highest BCUT2D eigenvalue weighted by Gasteiger charge is 2.25. The molecule has 29 heavy (non-hydrogen) atoms. The summed E-state index contributed by atoms with van der Waals surface area (Å²) in [6.07, 6.45) is 11.4. The van der Waals surface area contributed by atoms with Crippen molar-refractivity contribution in [2.45, 2.75) is 70.9 Å². The van der Waals surface area contributed by atoms with Gasteiger partial charge in [0.2, 0.25) is 5.91 Å². The van der Waals surface area contributed by atoms with Gasteiger partial charge in [-0.05, 0) is 31.2 Å². The molecule has 1 saturated heterocycles. The number of carboxylic acids is 1. The van der Waals surface area contributed by atoms with Crippen LogP contribution in [0, 0.1) is 0 Å². The highest BCUT2D eigenvalue weighted by Crippen LogP contribution is 2.20. The van der Waals surface area contributed by atoms with Crippen LogP contribution in [0.1, 0.15) is 57.9 Å². The number of hydrogen-bond donors (Lipinski definition) is 2. The van der Waals surface area contributed by atoms with E-state index in [-0.39, 0.29) is 18.4 Å². The van der Waals surface area contributed by atoms with E-state index >= 15 is 0 Å². The minimum absolute atomic E-state index is 0.000318. The van der Waals surface area contributed by atoms with Crippen LogP contribution in [0.4, 0.5) is 0 Å². The van der Waals surface area contributed by atoms with Crippen molar-refractivity contribution in [1.82, 2.24) is 4.90 Å². The van der Waals surface area contributed by atoms with Gasteiger partial charge in [0, 0.05) is 25.8 Å². The standard InChI is InChI=1S/C22H29NO4.C2H6/c24-20(17-18-9-4-3-5-10-18)15-14-19-11-8-12-21(25)23(19)16-7-2-1-6-13-22(26)27;1-2/h2-5,7,9-10,14-15,19-20,24H,1,6,8,11-13,16-17H2,(H,26,27);1-2H3/t19-,20?;/m1./s1. The van der Waals surface area contributed by atoms with Crippen molar-refractivity contribution in [2.24, 2.45) is 0 Å². The molecule has 1 aromatic carbocycles. The summed E-state index contributed by atoms with van der Waals surface area (Å²) in [5.74, 6) is -0.655. The average molecular weight is 402 g/mol. The van der Waals surface area contributed by atoms with Crippen molar-refractivity contribution in [2.75, 3.05) is 6.54 Å². The molecule has 0 spiro atoms. The zero-order valence-electron chi connectivity index (χ0n) is 17.7. The smallest absolute Gasteiger partial charge is 0.303 e. The van der Waals surface area contributed by atoms with Gasteiger partial charge in [-0.25, -0.2) is 0 Å². The Kier molecular flexibility index (Phi) is 12.4. The fourth-order valence-electron chi connectivity index (χ4n) is 3.24. The van der Waals surface area contributed by atoms with Crippen LogP contribution in [0.15, 0.2) is 54.6 Å². The van der Waals surface area contributed by atoms with Crippen molar-refractivity contribution in [3.05, 3.63) is 60.2 Å². The van der Waals surface area contributed by atoms with Crippen molar-refractivity contribution < 1.29 is 19.8 Å². The Labute approximate surface area is 174 Å². The summed E-state index contributed by atoms with van der Waals surface area (Å²) in [7, 11) is 0. The number of aliphatic carboxylic acids is 1. The third-order valence-corrected chi connectivity index (χ3v) is 4.68. The van der Waals surface area contributed by atoms with Gasteiger partial charge in [0.25, 0.3) is 0 Å². The third kappa shape index (κ3) is 10.1. The molecule has 1 heterocycles. The number of carbonyl (C=O) groups excluding carboxylic acids is 1. The second kappa shape index (κ2) is 14.6. The zero-order valence-corrected chi connectivity index (χ0v) is 17.7. The molecule has 0 aliphatic carbocycles. The number of carboxylic acid groups (broad SMARTS) is 1. The van der Waals surface area contributed by atoms with Crippen molar-refractivity contribution >= 4 is 11.9 Å². The minimum Gasteiger partial charge on any atom is -0.481 e. The number of allylic oxidation sites excluding steroid dienone is 1. The van der Waals surface area contributed by atoms with E-state index in [9.17, 15) is 14.7 Å². The van der Waals surface area contributed by atoms with Gasteiger partial charge in [-0.3, -0.25) is 9.59 Å². The van der Waals surface area contributed by atoms with Gasteiger partial charge in [0.15, 0.2) is 0 Å². The van der Waals surface area contributed by atoms with E-state index < -0.39 is 12.1 Å². The maximum absolute atomic E-state index is 12.3. The first-order valence-corrected chi connectivity index (χ1v) is 10.6. The predicted molar refractivity (Wildman–Crippen MR) is 117 cm³/mol. The van der Waals surface area contributed by atoms with Gasteiger partial charge < -0.3 is 15.1 Å². The quantitative estimate of drug-likeness (QED) is 0.451. The molecular weight excluding hydrogens is 366 g/mol. The Hall–Kier alpha value is -2.40. The molecule has 2 N–H and O–H groups in total. The highest BCUT2D eigenvalue weighted by molar-refractivity contribution is 5.77. The Balaban J connectivity index is 0.00000204. The molecule has 1 unspecified atom stereocenters. The maximum atomic E-state index is 12.3. The Bertz CT molecular complexity index is 654. The third-order valence-electron chi connectivity index (χ3n) is 4.68. The number of unbranched alkanes of at least 4 members (excludes halogenated alkanes) is 1. The molecule has 2 rings (SSSR count). The second-order valence-corrected chi connectivity index (χ2v) is 6.91. The van der Waals surface area contributed by atoms with E-state index in [1.165, 1.54) is 0 Å². The van der Waals surface area contributed by atoms with Gasteiger partial charge >= 0.3 is 5.97 Å². The number of aliphatic hydroxyl groups is 1. The van der Waals surface area contributed by atoms with E-state index in [0.717, 1.165) is 18.4 Å². The van der Waals surface area contributed by atoms with E-state index in [0.29, 0.717) is 32.2 Å². The van der Waals surface area contributed by atoms with Crippen LogP contribution in [0.25, 0.3) is 0 Å². The lowest BCUT2D eigenvalue weighted by molar-refractivity contribution is -0.137. The van der Waals surface area contributed by atoms with Crippen LogP contribution in [0.2, 0.25) is 0 Å². The molecule has 2 atom stereocenters. The highest BCUT2D eigenvalue weighted by atomic mass is 16.4. The molecule has 0 aromatic heterocycles. The SMILES string of the molecule is CC.O=C(O)CCCC=CCN1C(=O)CCC[C@@H]1C=CC(O)Cc1ccccc1. The first kappa shape index (κ1) is 24.6. The summed E-state index contributed by atoms with van der Waals surface area (Å²) in [6, 6.07) is 9.84. The molecular formula is C24H35NO4. The van der Waals surface area contributed by atoms with Crippen molar-refractivity contribution in [1.29, 1.82) is 0 Å². The first-order chi connectivity index (χ1) is 14.1. The Morgan fingerprint density at radius 2 is 1.97 bits per heavy atom. The van der Waals surface area contributed by atoms with E-state index in [1.807, 2.05) is 67.3 Å². The number of carbonyl (C=O) groups is 2. The summed E-state index contributed by atoms with van der Waals surface area (Å²) >= 11 is 0. The molecule has 1 fully saturated rings. The lowest BCUT2D eigenvalue weighted by Gasteiger charge is -2.33. The monoisotopic (exact) mass is 401 g/mol. The second-order valence-electron chi connectivity index (χ2n) is 6.91. The lowest BCUT2D eigenvalue weighted by Crippen LogP contribution is -2.42. The topological polar surface area (TPSA) is 77.8 Å². The van der Waals surface area contributed by atoms with Crippen LogP contribution < -0.4 is 0 Å². The molecule has 1 aromatic rings. The van der Waals surface area contributed by atoms with Gasteiger partial charge in [0.05, 0.1) is 12.1 Å². The number of piperidine rings is 1. The lowest BCUT2D eigenvalue weighted by atomic mass is 9.99. The molecule has 160 valence electrons. The number of amides is 1. The fourth-order valence-corrected chi connectivity index (χ4v) is 3.24. The number of hydrogen-bond acceptors (Lipinski definition) is 3. The number of rotatable bonds is 10. The molecule has 1 aliphatic heterocycles. The molecule has 5 nitrogen and oxygen atoms in total. The van der Waals surface area contributed by atoms with Gasteiger partial charge in [-0.2, -0.15) is 0 Å². The van der Waals surface area contributed by atoms with Crippen molar-refractivity contribution in [3.63, 3.8) is 0 Å². The van der Waals surface area contributed by atoms with Crippen molar-refractivity contribution in [3.8, 4) is 0 Å². The zero-order chi connectivity index (χ0) is 21.5. The van der Waals surface area contributed by atoms with Crippen LogP contribution >= 0.6 is 0 Å². The summed E-state index contributed by atoms with van der Waals surface area (Å²) in [5.41, 5.74) is 1.08. The van der Waals surface area contributed by atoms with E-state index in [1.54, 1.807) is 6.08 Å². The summed E-state index contributed by atoms with van der Waals surface area (Å²) in [5, 5.41) is 18.9. The molecule has 5 heteroatoms.